The van der Waals surface area contributed by atoms with Crippen molar-refractivity contribution in [1.29, 1.82) is 0 Å². The molecule has 0 aliphatic carbocycles. The minimum absolute atomic E-state index is 0.0136. The fraction of sp³-hybridized carbons (Fsp3) is 0.409. The smallest absolute Gasteiger partial charge is 0.264 e. The maximum atomic E-state index is 13.3. The molecule has 0 spiro atoms. The van der Waals surface area contributed by atoms with Gasteiger partial charge in [0.1, 0.15) is 17.3 Å². The number of amides is 1. The van der Waals surface area contributed by atoms with Crippen molar-refractivity contribution in [2.24, 2.45) is 0 Å². The van der Waals surface area contributed by atoms with Crippen molar-refractivity contribution in [1.82, 2.24) is 19.8 Å². The summed E-state index contributed by atoms with van der Waals surface area (Å²) in [6, 6.07) is 4.46. The maximum absolute atomic E-state index is 13.3. The number of nitrogens with zero attached hydrogens (tertiary/aromatic N) is 4. The van der Waals surface area contributed by atoms with Gasteiger partial charge in [-0.1, -0.05) is 17.7 Å². The molecule has 1 aliphatic rings. The predicted octanol–water partition coefficient (Wildman–Crippen LogP) is 3.91. The van der Waals surface area contributed by atoms with Gasteiger partial charge in [-0.2, -0.15) is 4.98 Å². The van der Waals surface area contributed by atoms with Gasteiger partial charge in [0.15, 0.2) is 5.82 Å². The Morgan fingerprint density at radius 2 is 1.97 bits per heavy atom. The molecule has 0 radical (unpaired) electrons. The fourth-order valence-electron chi connectivity index (χ4n) is 3.83. The number of carbonyl (C=O) groups is 1. The number of piperazine rings is 1. The highest BCUT2D eigenvalue weighted by Crippen LogP contribution is 2.36. The molecule has 1 amide bonds. The van der Waals surface area contributed by atoms with Crippen molar-refractivity contribution in [3.8, 4) is 5.88 Å². The van der Waals surface area contributed by atoms with Crippen LogP contribution < -0.4 is 4.74 Å². The van der Waals surface area contributed by atoms with Crippen LogP contribution in [-0.2, 0) is 17.9 Å². The first-order chi connectivity index (χ1) is 15.4. The van der Waals surface area contributed by atoms with Gasteiger partial charge in [-0.25, -0.2) is 9.37 Å². The van der Waals surface area contributed by atoms with Gasteiger partial charge in [0, 0.05) is 44.9 Å². The van der Waals surface area contributed by atoms with Gasteiger partial charge in [0.25, 0.3) is 5.91 Å². The molecular weight excluding hydrogens is 455 g/mol. The molecule has 32 heavy (non-hydrogen) atoms. The lowest BCUT2D eigenvalue weighted by atomic mass is 10.1. The van der Waals surface area contributed by atoms with Gasteiger partial charge in [-0.15, -0.1) is 11.3 Å². The fourth-order valence-corrected chi connectivity index (χ4v) is 5.22. The number of carbonyl (C=O) groups excluding carboxylic acids is 1. The molecule has 7 nitrogen and oxygen atoms in total. The summed E-state index contributed by atoms with van der Waals surface area (Å²) in [6.45, 7) is 5.42. The zero-order valence-electron chi connectivity index (χ0n) is 18.2. The molecule has 0 bridgehead atoms. The first-order valence-corrected chi connectivity index (χ1v) is 11.4. The second-order valence-electron chi connectivity index (χ2n) is 7.62. The van der Waals surface area contributed by atoms with Crippen LogP contribution in [0.5, 0.6) is 5.88 Å². The van der Waals surface area contributed by atoms with Crippen LogP contribution in [0.1, 0.15) is 26.6 Å². The van der Waals surface area contributed by atoms with Crippen LogP contribution in [0.15, 0.2) is 18.2 Å². The number of benzene rings is 1. The number of aromatic nitrogens is 2. The Morgan fingerprint density at radius 1 is 1.22 bits per heavy atom. The average molecular weight is 479 g/mol. The second-order valence-corrected chi connectivity index (χ2v) is 9.03. The lowest BCUT2D eigenvalue weighted by molar-refractivity contribution is 0.0632. The highest BCUT2D eigenvalue weighted by Gasteiger charge is 2.27. The van der Waals surface area contributed by atoms with Gasteiger partial charge in [-0.05, 0) is 30.2 Å². The SMILES string of the molecule is COCc1nc(OC)c2c(C)c(C(=O)N3CCN(Cc4ccc(F)cc4Cl)CC3)sc2n1. The normalized spacial score (nSPS) is 14.8. The van der Waals surface area contributed by atoms with Crippen LogP contribution in [0, 0.1) is 12.7 Å². The Bertz CT molecular complexity index is 1150. The highest BCUT2D eigenvalue weighted by molar-refractivity contribution is 7.20. The van der Waals surface area contributed by atoms with Gasteiger partial charge < -0.3 is 14.4 Å². The quantitative estimate of drug-likeness (QED) is 0.535. The van der Waals surface area contributed by atoms with E-state index in [0.29, 0.717) is 59.2 Å². The first kappa shape index (κ1) is 22.8. The number of halogens is 2. The van der Waals surface area contributed by atoms with E-state index in [4.69, 9.17) is 21.1 Å². The number of thiophene rings is 1. The lowest BCUT2D eigenvalue weighted by Gasteiger charge is -2.34. The van der Waals surface area contributed by atoms with E-state index in [-0.39, 0.29) is 18.3 Å². The summed E-state index contributed by atoms with van der Waals surface area (Å²) < 4.78 is 23.9. The molecule has 2 aromatic heterocycles. The number of aryl methyl sites for hydroxylation is 1. The molecule has 1 saturated heterocycles. The van der Waals surface area contributed by atoms with Crippen LogP contribution in [0.25, 0.3) is 10.2 Å². The first-order valence-electron chi connectivity index (χ1n) is 10.2. The Labute approximate surface area is 194 Å². The van der Waals surface area contributed by atoms with Crippen molar-refractivity contribution < 1.29 is 18.7 Å². The summed E-state index contributed by atoms with van der Waals surface area (Å²) in [5.74, 6) is 0.616. The monoisotopic (exact) mass is 478 g/mol. The molecule has 4 rings (SSSR count). The molecule has 0 unspecified atom stereocenters. The third kappa shape index (κ3) is 4.56. The standard InChI is InChI=1S/C22H24ClFN4O3S/c1-13-18-20(31-3)25-17(12-30-2)26-21(18)32-19(13)22(29)28-8-6-27(7-9-28)11-14-4-5-15(24)10-16(14)23/h4-5,10H,6-9,11-12H2,1-3H3. The topological polar surface area (TPSA) is 67.8 Å². The number of methoxy groups -OCH3 is 2. The number of hydrogen-bond donors (Lipinski definition) is 0. The number of ether oxygens (including phenoxy) is 2. The van der Waals surface area contributed by atoms with E-state index >= 15 is 0 Å². The number of fused-ring (bicyclic) bond motifs is 1. The molecule has 1 aliphatic heterocycles. The molecule has 3 aromatic rings. The Balaban J connectivity index is 1.48. The Hall–Kier alpha value is -2.33. The van der Waals surface area contributed by atoms with E-state index in [9.17, 15) is 9.18 Å². The van der Waals surface area contributed by atoms with Crippen LogP contribution in [0.4, 0.5) is 4.39 Å². The molecule has 10 heteroatoms. The second kappa shape index (κ2) is 9.66. The minimum Gasteiger partial charge on any atom is -0.480 e. The summed E-state index contributed by atoms with van der Waals surface area (Å²) in [4.78, 5) is 27.7. The lowest BCUT2D eigenvalue weighted by Crippen LogP contribution is -2.48. The third-order valence-corrected chi connectivity index (χ3v) is 7.06. The van der Waals surface area contributed by atoms with Crippen molar-refractivity contribution in [3.05, 3.63) is 50.9 Å². The molecule has 1 aromatic carbocycles. The molecule has 170 valence electrons. The summed E-state index contributed by atoms with van der Waals surface area (Å²) in [5.41, 5.74) is 1.71. The van der Waals surface area contributed by atoms with Crippen LogP contribution >= 0.6 is 22.9 Å². The zero-order valence-corrected chi connectivity index (χ0v) is 19.7. The molecule has 0 atom stereocenters. The molecule has 0 saturated carbocycles. The molecule has 0 N–H and O–H groups in total. The van der Waals surface area contributed by atoms with E-state index in [2.05, 4.69) is 14.9 Å². The van der Waals surface area contributed by atoms with E-state index in [1.165, 1.54) is 23.5 Å². The van der Waals surface area contributed by atoms with Crippen molar-refractivity contribution in [2.75, 3.05) is 40.4 Å². The summed E-state index contributed by atoms with van der Waals surface area (Å²) >= 11 is 7.52. The number of hydrogen-bond acceptors (Lipinski definition) is 7. The summed E-state index contributed by atoms with van der Waals surface area (Å²) in [6.07, 6.45) is 0. The predicted molar refractivity (Wildman–Crippen MR) is 122 cm³/mol. The van der Waals surface area contributed by atoms with Gasteiger partial charge in [-0.3, -0.25) is 9.69 Å². The van der Waals surface area contributed by atoms with Crippen molar-refractivity contribution >= 4 is 39.1 Å². The average Bonchev–Trinajstić information content (AvgIpc) is 3.12. The maximum Gasteiger partial charge on any atom is 0.264 e. The van der Waals surface area contributed by atoms with Crippen LogP contribution in [0.2, 0.25) is 5.02 Å². The van der Waals surface area contributed by atoms with E-state index < -0.39 is 0 Å². The largest absolute Gasteiger partial charge is 0.480 e. The molecule has 1 fully saturated rings. The van der Waals surface area contributed by atoms with Gasteiger partial charge >= 0.3 is 0 Å². The zero-order chi connectivity index (χ0) is 22.8. The van der Waals surface area contributed by atoms with Gasteiger partial charge in [0.05, 0.1) is 17.4 Å². The van der Waals surface area contributed by atoms with Crippen LogP contribution in [-0.4, -0.2) is 66.1 Å². The van der Waals surface area contributed by atoms with E-state index in [1.807, 2.05) is 11.8 Å². The van der Waals surface area contributed by atoms with Crippen LogP contribution in [0.3, 0.4) is 0 Å². The van der Waals surface area contributed by atoms with E-state index in [0.717, 1.165) is 16.5 Å². The molecular formula is C22H24ClFN4O3S. The number of rotatable bonds is 6. The van der Waals surface area contributed by atoms with E-state index in [1.54, 1.807) is 20.3 Å². The highest BCUT2D eigenvalue weighted by atomic mass is 35.5. The Kier molecular flexibility index (Phi) is 6.90. The summed E-state index contributed by atoms with van der Waals surface area (Å²) in [7, 11) is 3.14. The Morgan fingerprint density at radius 3 is 2.62 bits per heavy atom. The third-order valence-electron chi connectivity index (χ3n) is 5.53. The summed E-state index contributed by atoms with van der Waals surface area (Å²) in [5, 5.41) is 1.19. The minimum atomic E-state index is -0.344. The molecule has 3 heterocycles. The van der Waals surface area contributed by atoms with Crippen molar-refractivity contribution in [2.45, 2.75) is 20.1 Å². The van der Waals surface area contributed by atoms with Gasteiger partial charge in [0.2, 0.25) is 5.88 Å². The van der Waals surface area contributed by atoms with Crippen molar-refractivity contribution in [3.63, 3.8) is 0 Å².